The first-order chi connectivity index (χ1) is 16.5. The Morgan fingerprint density at radius 2 is 1.21 bits per heavy atom. The summed E-state index contributed by atoms with van der Waals surface area (Å²) in [5, 5.41) is 12.4. The maximum Gasteiger partial charge on any atom is 0.169 e. The van der Waals surface area contributed by atoms with E-state index in [2.05, 4.69) is 24.3 Å². The highest BCUT2D eigenvalue weighted by Gasteiger charge is 2.57. The summed E-state index contributed by atoms with van der Waals surface area (Å²) < 4.78 is 0. The third-order valence-electron chi connectivity index (χ3n) is 7.42. The predicted octanol–water partition coefficient (Wildman–Crippen LogP) is 6.96. The molecule has 1 aliphatic carbocycles. The van der Waals surface area contributed by atoms with Crippen molar-refractivity contribution < 1.29 is 9.90 Å². The van der Waals surface area contributed by atoms with Crippen molar-refractivity contribution in [2.45, 2.75) is 37.7 Å². The van der Waals surface area contributed by atoms with Gasteiger partial charge in [-0.3, -0.25) is 4.79 Å². The van der Waals surface area contributed by atoms with Crippen LogP contribution < -0.4 is 0 Å². The van der Waals surface area contributed by atoms with Crippen molar-refractivity contribution in [3.05, 3.63) is 143 Å². The summed E-state index contributed by atoms with van der Waals surface area (Å²) in [6, 6.07) is 36.3. The lowest BCUT2D eigenvalue weighted by molar-refractivity contribution is -0.000259. The van der Waals surface area contributed by atoms with Gasteiger partial charge < -0.3 is 5.11 Å². The molecule has 4 aromatic rings. The van der Waals surface area contributed by atoms with Gasteiger partial charge in [0, 0.05) is 11.5 Å². The molecular formula is C32H30O2. The summed E-state index contributed by atoms with van der Waals surface area (Å²) in [6.45, 7) is 4.06. The molecule has 1 fully saturated rings. The first kappa shape index (κ1) is 22.3. The minimum Gasteiger partial charge on any atom is -0.384 e. The molecule has 0 aliphatic heterocycles. The molecule has 0 radical (unpaired) electrons. The van der Waals surface area contributed by atoms with Crippen LogP contribution in [0.5, 0.6) is 0 Å². The minimum absolute atomic E-state index is 0.00430. The second-order valence-corrected chi connectivity index (χ2v) is 9.66. The van der Waals surface area contributed by atoms with Crippen molar-refractivity contribution >= 4 is 5.78 Å². The van der Waals surface area contributed by atoms with E-state index in [0.29, 0.717) is 12.0 Å². The number of hydrogen-bond donors (Lipinski definition) is 1. The zero-order valence-corrected chi connectivity index (χ0v) is 19.7. The number of Topliss-reactive ketones (excluding diaryl/α,β-unsaturated/α-hetero) is 1. The predicted molar refractivity (Wildman–Crippen MR) is 137 cm³/mol. The van der Waals surface area contributed by atoms with Gasteiger partial charge in [0.05, 0.1) is 5.92 Å². The highest BCUT2D eigenvalue weighted by atomic mass is 16.3. The number of aliphatic hydroxyl groups is 1. The number of aryl methyl sites for hydroxylation is 2. The summed E-state index contributed by atoms with van der Waals surface area (Å²) in [5.41, 5.74) is 4.66. The van der Waals surface area contributed by atoms with E-state index >= 15 is 0 Å². The molecule has 0 spiro atoms. The molecule has 0 unspecified atom stereocenters. The van der Waals surface area contributed by atoms with Crippen LogP contribution in [0.25, 0.3) is 0 Å². The average molecular weight is 447 g/mol. The fourth-order valence-corrected chi connectivity index (χ4v) is 5.66. The standard InChI is InChI=1S/C32H30O2/c1-22-13-17-26(18-14-22)31(33)30-29(25-11-7-4-8-12-25)28(24-9-5-3-6-10-24)21-32(30,34)27-19-15-23(2)16-20-27/h3-20,28-30,34H,21H2,1-2H3/t28-,29-,30-,32+/m1/s1. The Kier molecular flexibility index (Phi) is 5.93. The van der Waals surface area contributed by atoms with Crippen molar-refractivity contribution in [1.29, 1.82) is 0 Å². The summed E-state index contributed by atoms with van der Waals surface area (Å²) in [6.07, 6.45) is 0.488. The van der Waals surface area contributed by atoms with Gasteiger partial charge in [-0.15, -0.1) is 0 Å². The SMILES string of the molecule is Cc1ccc(C(=O)[C@H]2[C@H](c3ccccc3)[C@@H](c3ccccc3)C[C@]2(O)c2ccc(C)cc2)cc1. The Bertz CT molecular complexity index is 1260. The van der Waals surface area contributed by atoms with E-state index in [9.17, 15) is 9.90 Å². The third-order valence-corrected chi connectivity index (χ3v) is 7.42. The van der Waals surface area contributed by atoms with Crippen molar-refractivity contribution in [3.63, 3.8) is 0 Å². The second kappa shape index (κ2) is 9.04. The van der Waals surface area contributed by atoms with Crippen LogP contribution in [-0.2, 0) is 5.60 Å². The molecule has 1 saturated carbocycles. The highest BCUT2D eigenvalue weighted by molar-refractivity contribution is 6.00. The van der Waals surface area contributed by atoms with Crippen LogP contribution in [0, 0.1) is 19.8 Å². The van der Waals surface area contributed by atoms with E-state index in [1.54, 1.807) is 0 Å². The Labute approximate surface area is 201 Å². The van der Waals surface area contributed by atoms with Gasteiger partial charge >= 0.3 is 0 Å². The smallest absolute Gasteiger partial charge is 0.169 e. The highest BCUT2D eigenvalue weighted by Crippen LogP contribution is 2.59. The van der Waals surface area contributed by atoms with E-state index in [-0.39, 0.29) is 17.6 Å². The molecule has 0 heterocycles. The lowest BCUT2D eigenvalue weighted by atomic mass is 9.73. The Morgan fingerprint density at radius 1 is 0.706 bits per heavy atom. The van der Waals surface area contributed by atoms with Gasteiger partial charge in [0.15, 0.2) is 5.78 Å². The third kappa shape index (κ3) is 3.99. The summed E-state index contributed by atoms with van der Waals surface area (Å²) in [4.78, 5) is 14.2. The topological polar surface area (TPSA) is 37.3 Å². The van der Waals surface area contributed by atoms with Gasteiger partial charge in [0.1, 0.15) is 5.60 Å². The normalized spacial score (nSPS) is 24.1. The van der Waals surface area contributed by atoms with Crippen molar-refractivity contribution in [2.24, 2.45) is 5.92 Å². The van der Waals surface area contributed by atoms with Crippen molar-refractivity contribution in [1.82, 2.24) is 0 Å². The molecule has 2 heteroatoms. The van der Waals surface area contributed by atoms with Crippen LogP contribution >= 0.6 is 0 Å². The maximum atomic E-state index is 14.2. The molecule has 34 heavy (non-hydrogen) atoms. The number of rotatable bonds is 5. The quantitative estimate of drug-likeness (QED) is 0.336. The second-order valence-electron chi connectivity index (χ2n) is 9.66. The van der Waals surface area contributed by atoms with E-state index in [1.807, 2.05) is 98.8 Å². The summed E-state index contributed by atoms with van der Waals surface area (Å²) >= 11 is 0. The van der Waals surface area contributed by atoms with Gasteiger partial charge in [-0.05, 0) is 42.9 Å². The van der Waals surface area contributed by atoms with Crippen LogP contribution in [0.1, 0.15) is 56.4 Å². The zero-order valence-electron chi connectivity index (χ0n) is 19.7. The molecule has 0 bridgehead atoms. The van der Waals surface area contributed by atoms with Gasteiger partial charge in [-0.25, -0.2) is 0 Å². The van der Waals surface area contributed by atoms with E-state index in [4.69, 9.17) is 0 Å². The lowest BCUT2D eigenvalue weighted by Gasteiger charge is -2.33. The van der Waals surface area contributed by atoms with E-state index in [0.717, 1.165) is 27.8 Å². The molecule has 0 amide bonds. The van der Waals surface area contributed by atoms with Crippen LogP contribution in [0.4, 0.5) is 0 Å². The average Bonchev–Trinajstić information content (AvgIpc) is 3.19. The van der Waals surface area contributed by atoms with Crippen molar-refractivity contribution in [3.8, 4) is 0 Å². The molecule has 1 aliphatic rings. The fraction of sp³-hybridized carbons (Fsp3) is 0.219. The Balaban J connectivity index is 1.72. The molecule has 0 saturated heterocycles. The Hall–Kier alpha value is -3.49. The van der Waals surface area contributed by atoms with E-state index in [1.165, 1.54) is 0 Å². The molecule has 2 nitrogen and oxygen atoms in total. The molecule has 1 N–H and O–H groups in total. The minimum atomic E-state index is -1.28. The number of hydrogen-bond acceptors (Lipinski definition) is 2. The van der Waals surface area contributed by atoms with Crippen LogP contribution in [0.3, 0.4) is 0 Å². The number of carbonyl (C=O) groups excluding carboxylic acids is 1. The number of benzene rings is 4. The number of ketones is 1. The summed E-state index contributed by atoms with van der Waals surface area (Å²) in [5.74, 6) is -0.751. The first-order valence-electron chi connectivity index (χ1n) is 12.0. The molecule has 4 atom stereocenters. The zero-order chi connectivity index (χ0) is 23.7. The largest absolute Gasteiger partial charge is 0.384 e. The van der Waals surface area contributed by atoms with Gasteiger partial charge in [-0.2, -0.15) is 0 Å². The van der Waals surface area contributed by atoms with Crippen LogP contribution in [0.15, 0.2) is 109 Å². The first-order valence-corrected chi connectivity index (χ1v) is 12.0. The lowest BCUT2D eigenvalue weighted by Crippen LogP contribution is -2.38. The molecule has 170 valence electrons. The number of carbonyl (C=O) groups is 1. The maximum absolute atomic E-state index is 14.2. The molecule has 4 aromatic carbocycles. The van der Waals surface area contributed by atoms with Crippen LogP contribution in [-0.4, -0.2) is 10.9 Å². The monoisotopic (exact) mass is 446 g/mol. The van der Waals surface area contributed by atoms with Gasteiger partial charge in [0.25, 0.3) is 0 Å². The van der Waals surface area contributed by atoms with E-state index < -0.39 is 11.5 Å². The summed E-state index contributed by atoms with van der Waals surface area (Å²) in [7, 11) is 0. The Morgan fingerprint density at radius 3 is 1.76 bits per heavy atom. The van der Waals surface area contributed by atoms with Gasteiger partial charge in [-0.1, -0.05) is 120 Å². The molecule has 5 rings (SSSR count). The van der Waals surface area contributed by atoms with Crippen molar-refractivity contribution in [2.75, 3.05) is 0 Å². The van der Waals surface area contributed by atoms with Crippen LogP contribution in [0.2, 0.25) is 0 Å². The molecule has 0 aromatic heterocycles. The fourth-order valence-electron chi connectivity index (χ4n) is 5.66. The molecular weight excluding hydrogens is 416 g/mol. The van der Waals surface area contributed by atoms with Gasteiger partial charge in [0.2, 0.25) is 0 Å².